The molecule has 0 fully saturated rings. The number of imidazole rings is 1. The van der Waals surface area contributed by atoms with Crippen LogP contribution >= 0.6 is 0 Å². The number of carbonyl (C=O) groups is 1. The molecule has 8 heteroatoms. The predicted octanol–water partition coefficient (Wildman–Crippen LogP) is 7.21. The molecule has 0 saturated heterocycles. The first-order valence-electron chi connectivity index (χ1n) is 11.7. The van der Waals surface area contributed by atoms with E-state index in [0.717, 1.165) is 57.7 Å². The van der Waals surface area contributed by atoms with Crippen LogP contribution in [-0.2, 0) is 12.6 Å². The van der Waals surface area contributed by atoms with Gasteiger partial charge in [-0.25, -0.2) is 4.98 Å². The number of benzene rings is 3. The molecule has 5 rings (SSSR count). The van der Waals surface area contributed by atoms with Crippen LogP contribution in [0.1, 0.15) is 34.0 Å². The van der Waals surface area contributed by atoms with Crippen molar-refractivity contribution in [2.24, 2.45) is 0 Å². The van der Waals surface area contributed by atoms with E-state index in [1.807, 2.05) is 54.9 Å². The Hall–Kier alpha value is -4.46. The largest absolute Gasteiger partial charge is 0.416 e. The molecule has 2 heterocycles. The fourth-order valence-electron chi connectivity index (χ4n) is 4.50. The summed E-state index contributed by atoms with van der Waals surface area (Å²) in [5.74, 6) is -0.480. The van der Waals surface area contributed by atoms with Gasteiger partial charge in [0.05, 0.1) is 23.7 Å². The van der Waals surface area contributed by atoms with Crippen LogP contribution < -0.4 is 5.32 Å². The van der Waals surface area contributed by atoms with Gasteiger partial charge in [0.2, 0.25) is 0 Å². The molecule has 186 valence electrons. The zero-order valence-electron chi connectivity index (χ0n) is 20.2. The summed E-state index contributed by atoms with van der Waals surface area (Å²) in [6.07, 6.45) is 3.33. The van der Waals surface area contributed by atoms with Gasteiger partial charge in [-0.3, -0.25) is 14.2 Å². The number of carbonyl (C=O) groups excluding carboxylic acids is 1. The van der Waals surface area contributed by atoms with Crippen molar-refractivity contribution >= 4 is 17.2 Å². The van der Waals surface area contributed by atoms with Crippen molar-refractivity contribution in [1.82, 2.24) is 14.4 Å². The van der Waals surface area contributed by atoms with Crippen LogP contribution in [0.15, 0.2) is 85.5 Å². The molecule has 37 heavy (non-hydrogen) atoms. The van der Waals surface area contributed by atoms with Gasteiger partial charge in [-0.2, -0.15) is 13.2 Å². The molecule has 1 amide bonds. The number of aromatic nitrogens is 3. The first-order valence-corrected chi connectivity index (χ1v) is 11.7. The zero-order chi connectivity index (χ0) is 26.2. The normalized spacial score (nSPS) is 11.6. The summed E-state index contributed by atoms with van der Waals surface area (Å²) in [6, 6.07) is 16.0. The second-order valence-corrected chi connectivity index (χ2v) is 8.68. The number of halogens is 3. The number of nitrogens with one attached hydrogen (secondary N) is 1. The molecule has 3 aromatic carbocycles. The molecular formula is C29H23F3N4O. The maximum absolute atomic E-state index is 13.1. The number of hydrogen-bond donors (Lipinski definition) is 1. The van der Waals surface area contributed by atoms with Gasteiger partial charge in [0.1, 0.15) is 0 Å². The van der Waals surface area contributed by atoms with Crippen molar-refractivity contribution < 1.29 is 18.0 Å². The van der Waals surface area contributed by atoms with Crippen molar-refractivity contribution in [3.05, 3.63) is 108 Å². The van der Waals surface area contributed by atoms with E-state index in [1.165, 1.54) is 12.1 Å². The maximum Gasteiger partial charge on any atom is 0.416 e. The van der Waals surface area contributed by atoms with Crippen molar-refractivity contribution in [3.63, 3.8) is 0 Å². The van der Waals surface area contributed by atoms with Crippen LogP contribution in [-0.4, -0.2) is 20.3 Å². The smallest absolute Gasteiger partial charge is 0.322 e. The Morgan fingerprint density at radius 3 is 2.54 bits per heavy atom. The molecule has 0 atom stereocenters. The third-order valence-corrected chi connectivity index (χ3v) is 6.42. The lowest BCUT2D eigenvalue weighted by atomic mass is 9.90. The van der Waals surface area contributed by atoms with E-state index in [2.05, 4.69) is 15.3 Å². The van der Waals surface area contributed by atoms with Crippen molar-refractivity contribution in [1.29, 1.82) is 0 Å². The fraction of sp³-hybridized carbons (Fsp3) is 0.138. The van der Waals surface area contributed by atoms with Gasteiger partial charge in [0.15, 0.2) is 5.65 Å². The van der Waals surface area contributed by atoms with Crippen molar-refractivity contribution in [2.45, 2.75) is 26.4 Å². The van der Waals surface area contributed by atoms with Crippen LogP contribution in [0.2, 0.25) is 0 Å². The van der Waals surface area contributed by atoms with Gasteiger partial charge < -0.3 is 5.32 Å². The van der Waals surface area contributed by atoms with Gasteiger partial charge in [-0.15, -0.1) is 0 Å². The van der Waals surface area contributed by atoms with E-state index in [4.69, 9.17) is 0 Å². The van der Waals surface area contributed by atoms with E-state index in [1.54, 1.807) is 24.5 Å². The minimum atomic E-state index is -4.49. The average molecular weight is 501 g/mol. The van der Waals surface area contributed by atoms with Crippen molar-refractivity contribution in [2.75, 3.05) is 5.32 Å². The molecule has 0 spiro atoms. The molecule has 0 aliphatic heterocycles. The minimum Gasteiger partial charge on any atom is -0.322 e. The lowest BCUT2D eigenvalue weighted by Crippen LogP contribution is -2.13. The number of amides is 1. The van der Waals surface area contributed by atoms with Gasteiger partial charge in [0, 0.05) is 29.2 Å². The molecule has 0 unspecified atom stereocenters. The summed E-state index contributed by atoms with van der Waals surface area (Å²) in [5, 5.41) is 2.60. The minimum absolute atomic E-state index is 0.0845. The molecular weight excluding hydrogens is 477 g/mol. The number of nitrogens with zero attached hydrogens (tertiary/aromatic N) is 3. The van der Waals surface area contributed by atoms with Gasteiger partial charge in [-0.05, 0) is 65.9 Å². The highest BCUT2D eigenvalue weighted by Gasteiger charge is 2.30. The first-order chi connectivity index (χ1) is 17.8. The topological polar surface area (TPSA) is 59.3 Å². The second-order valence-electron chi connectivity index (χ2n) is 8.68. The summed E-state index contributed by atoms with van der Waals surface area (Å²) in [4.78, 5) is 21.6. The number of rotatable bonds is 5. The van der Waals surface area contributed by atoms with Crippen molar-refractivity contribution in [3.8, 4) is 22.4 Å². The van der Waals surface area contributed by atoms with Gasteiger partial charge in [-0.1, -0.05) is 37.3 Å². The average Bonchev–Trinajstić information content (AvgIpc) is 3.32. The lowest BCUT2D eigenvalue weighted by Gasteiger charge is -2.16. The lowest BCUT2D eigenvalue weighted by molar-refractivity contribution is -0.137. The zero-order valence-corrected chi connectivity index (χ0v) is 20.2. The Bertz CT molecular complexity index is 1620. The van der Waals surface area contributed by atoms with E-state index in [9.17, 15) is 18.0 Å². The predicted molar refractivity (Wildman–Crippen MR) is 137 cm³/mol. The summed E-state index contributed by atoms with van der Waals surface area (Å²) in [7, 11) is 0. The highest BCUT2D eigenvalue weighted by atomic mass is 19.4. The highest BCUT2D eigenvalue weighted by molar-refractivity contribution is 6.05. The third-order valence-electron chi connectivity index (χ3n) is 6.42. The number of hydrogen-bond acceptors (Lipinski definition) is 3. The van der Waals surface area contributed by atoms with E-state index in [0.29, 0.717) is 5.56 Å². The van der Waals surface area contributed by atoms with Gasteiger partial charge >= 0.3 is 6.18 Å². The Labute approximate surface area is 211 Å². The summed E-state index contributed by atoms with van der Waals surface area (Å²) >= 11 is 0. The third kappa shape index (κ3) is 4.70. The SMILES string of the molecule is CCc1ccc(C(=O)Nc2cccc(C(F)(F)F)c2)cc1-c1cccc(-c2cnc3cnccn23)c1C. The molecule has 2 aromatic heterocycles. The molecule has 5 aromatic rings. The first kappa shape index (κ1) is 24.2. The van der Waals surface area contributed by atoms with Crippen LogP contribution in [0, 0.1) is 6.92 Å². The Balaban J connectivity index is 1.53. The molecule has 5 nitrogen and oxygen atoms in total. The Kier molecular flexibility index (Phi) is 6.25. The number of aryl methyl sites for hydroxylation is 1. The van der Waals surface area contributed by atoms with Crippen LogP contribution in [0.5, 0.6) is 0 Å². The van der Waals surface area contributed by atoms with Crippen LogP contribution in [0.4, 0.5) is 18.9 Å². The van der Waals surface area contributed by atoms with Crippen LogP contribution in [0.3, 0.4) is 0 Å². The Morgan fingerprint density at radius 2 is 1.76 bits per heavy atom. The highest BCUT2D eigenvalue weighted by Crippen LogP contribution is 2.35. The molecule has 0 saturated carbocycles. The standard InChI is InChI=1S/C29H23F3N4O/c1-3-19-10-11-20(28(37)35-22-7-4-6-21(15-22)29(30,31)32)14-25(19)23-8-5-9-24(18(23)2)26-16-34-27-17-33-12-13-36(26)27/h4-17H,3H2,1-2H3,(H,35,37). The molecule has 0 bridgehead atoms. The summed E-state index contributed by atoms with van der Waals surface area (Å²) < 4.78 is 41.2. The van der Waals surface area contributed by atoms with Crippen LogP contribution in [0.25, 0.3) is 28.0 Å². The van der Waals surface area contributed by atoms with Gasteiger partial charge in [0.25, 0.3) is 5.91 Å². The van der Waals surface area contributed by atoms with E-state index < -0.39 is 17.6 Å². The number of anilines is 1. The summed E-state index contributed by atoms with van der Waals surface area (Å²) in [5.41, 5.74) is 6.22. The molecule has 1 N–H and O–H groups in total. The molecule has 0 radical (unpaired) electrons. The number of alkyl halides is 3. The number of fused-ring (bicyclic) bond motifs is 1. The monoisotopic (exact) mass is 500 g/mol. The molecule has 0 aliphatic carbocycles. The quantitative estimate of drug-likeness (QED) is 0.278. The summed E-state index contributed by atoms with van der Waals surface area (Å²) in [6.45, 7) is 4.07. The Morgan fingerprint density at radius 1 is 0.973 bits per heavy atom. The second kappa shape index (κ2) is 9.54. The fourth-order valence-corrected chi connectivity index (χ4v) is 4.50. The van der Waals surface area contributed by atoms with E-state index >= 15 is 0 Å². The maximum atomic E-state index is 13.1. The van der Waals surface area contributed by atoms with E-state index in [-0.39, 0.29) is 5.69 Å². The molecule has 0 aliphatic rings.